The molecular weight excluding hydrogens is 419 g/mol. The van der Waals surface area contributed by atoms with Crippen molar-refractivity contribution in [2.45, 2.75) is 6.54 Å². The summed E-state index contributed by atoms with van der Waals surface area (Å²) in [5, 5.41) is 12.9. The van der Waals surface area contributed by atoms with Crippen molar-refractivity contribution in [3.8, 4) is 22.0 Å². The van der Waals surface area contributed by atoms with Crippen molar-refractivity contribution in [1.29, 1.82) is 0 Å². The van der Waals surface area contributed by atoms with Crippen LogP contribution in [0, 0.1) is 5.82 Å². The number of halogens is 1. The van der Waals surface area contributed by atoms with Gasteiger partial charge in [0.2, 0.25) is 11.7 Å². The predicted octanol–water partition coefficient (Wildman–Crippen LogP) is 3.29. The number of carbonyl (C=O) groups excluding carboxylic acids is 1. The van der Waals surface area contributed by atoms with E-state index in [0.29, 0.717) is 55.7 Å². The highest BCUT2D eigenvalue weighted by Gasteiger charge is 2.26. The minimum absolute atomic E-state index is 0.0921. The van der Waals surface area contributed by atoms with E-state index in [1.807, 2.05) is 17.5 Å². The summed E-state index contributed by atoms with van der Waals surface area (Å²) in [5.41, 5.74) is 1.80. The van der Waals surface area contributed by atoms with Gasteiger partial charge < -0.3 is 9.42 Å². The summed E-state index contributed by atoms with van der Waals surface area (Å²) in [6.45, 7) is 3.11. The molecule has 4 heterocycles. The Kier molecular flexibility index (Phi) is 5.31. The van der Waals surface area contributed by atoms with Gasteiger partial charge in [0.1, 0.15) is 5.82 Å². The van der Waals surface area contributed by atoms with Crippen molar-refractivity contribution in [3.63, 3.8) is 0 Å². The fourth-order valence-electron chi connectivity index (χ4n) is 3.58. The SMILES string of the molecule is O=C(c1cn[nH]c1-c1ccc(F)cc1)N1CCN(Cc2nc(-c3cccs3)no2)CC1. The quantitative estimate of drug-likeness (QED) is 0.514. The maximum absolute atomic E-state index is 13.2. The lowest BCUT2D eigenvalue weighted by Crippen LogP contribution is -2.48. The molecule has 3 aromatic heterocycles. The van der Waals surface area contributed by atoms with Crippen molar-refractivity contribution in [3.05, 3.63) is 65.2 Å². The van der Waals surface area contributed by atoms with Crippen molar-refractivity contribution in [1.82, 2.24) is 30.1 Å². The Hall–Kier alpha value is -3.37. The molecule has 1 N–H and O–H groups in total. The molecule has 1 saturated heterocycles. The van der Waals surface area contributed by atoms with Gasteiger partial charge >= 0.3 is 0 Å². The van der Waals surface area contributed by atoms with E-state index in [-0.39, 0.29) is 11.7 Å². The third-order valence-corrected chi connectivity index (χ3v) is 6.10. The first-order chi connectivity index (χ1) is 15.2. The van der Waals surface area contributed by atoms with Gasteiger partial charge in [-0.2, -0.15) is 10.1 Å². The molecule has 1 aliphatic rings. The molecule has 1 fully saturated rings. The predicted molar refractivity (Wildman–Crippen MR) is 113 cm³/mol. The van der Waals surface area contributed by atoms with Crippen LogP contribution in [-0.2, 0) is 6.54 Å². The molecule has 0 bridgehead atoms. The van der Waals surface area contributed by atoms with Crippen LogP contribution >= 0.6 is 11.3 Å². The van der Waals surface area contributed by atoms with Crippen molar-refractivity contribution in [2.24, 2.45) is 0 Å². The Morgan fingerprint density at radius 1 is 1.16 bits per heavy atom. The van der Waals surface area contributed by atoms with Crippen molar-refractivity contribution in [2.75, 3.05) is 26.2 Å². The summed E-state index contributed by atoms with van der Waals surface area (Å²) in [6.07, 6.45) is 1.53. The fourth-order valence-corrected chi connectivity index (χ4v) is 4.23. The molecule has 0 aliphatic carbocycles. The zero-order chi connectivity index (χ0) is 21.2. The summed E-state index contributed by atoms with van der Waals surface area (Å²) in [4.78, 5) is 22.5. The third kappa shape index (κ3) is 4.12. The molecule has 0 unspecified atom stereocenters. The Bertz CT molecular complexity index is 1160. The average Bonchev–Trinajstić information content (AvgIpc) is 3.55. The minimum atomic E-state index is -0.323. The van der Waals surface area contributed by atoms with Gasteiger partial charge in [-0.3, -0.25) is 14.8 Å². The number of amides is 1. The van der Waals surface area contributed by atoms with E-state index < -0.39 is 0 Å². The Morgan fingerprint density at radius 2 is 1.97 bits per heavy atom. The number of nitrogens with zero attached hydrogens (tertiary/aromatic N) is 5. The number of hydrogen-bond donors (Lipinski definition) is 1. The van der Waals surface area contributed by atoms with Crippen LogP contribution in [-0.4, -0.2) is 62.2 Å². The van der Waals surface area contributed by atoms with Crippen LogP contribution in [0.2, 0.25) is 0 Å². The number of carbonyl (C=O) groups is 1. The largest absolute Gasteiger partial charge is 0.338 e. The highest BCUT2D eigenvalue weighted by atomic mass is 32.1. The Labute approximate surface area is 181 Å². The second kappa shape index (κ2) is 8.40. The standard InChI is InChI=1S/C21H19FN6O2S/c22-15-5-3-14(4-6-15)19-16(12-23-25-19)21(29)28-9-7-27(8-10-28)13-18-24-20(26-30-18)17-2-1-11-31-17/h1-6,11-12H,7-10,13H2,(H,23,25). The molecule has 0 saturated carbocycles. The molecule has 1 amide bonds. The number of rotatable bonds is 5. The summed E-state index contributed by atoms with van der Waals surface area (Å²) in [7, 11) is 0. The normalized spacial score (nSPS) is 14.8. The lowest BCUT2D eigenvalue weighted by atomic mass is 10.1. The number of benzene rings is 1. The van der Waals surface area contributed by atoms with Crippen LogP contribution in [0.3, 0.4) is 0 Å². The molecule has 4 aromatic rings. The smallest absolute Gasteiger partial charge is 0.257 e. The third-order valence-electron chi connectivity index (χ3n) is 5.23. The van der Waals surface area contributed by atoms with Gasteiger partial charge in [-0.05, 0) is 35.7 Å². The van der Waals surface area contributed by atoms with Gasteiger partial charge in [0.15, 0.2) is 0 Å². The molecule has 0 spiro atoms. The minimum Gasteiger partial charge on any atom is -0.338 e. The average molecular weight is 438 g/mol. The number of thiophene rings is 1. The molecule has 10 heteroatoms. The van der Waals surface area contributed by atoms with Crippen LogP contribution in [0.4, 0.5) is 4.39 Å². The fraction of sp³-hybridized carbons (Fsp3) is 0.238. The van der Waals surface area contributed by atoms with E-state index in [4.69, 9.17) is 4.52 Å². The van der Waals surface area contributed by atoms with E-state index in [1.165, 1.54) is 18.3 Å². The molecule has 8 nitrogen and oxygen atoms in total. The molecule has 1 aliphatic heterocycles. The van der Waals surface area contributed by atoms with Crippen LogP contribution < -0.4 is 0 Å². The highest BCUT2D eigenvalue weighted by molar-refractivity contribution is 7.13. The molecule has 158 valence electrons. The van der Waals surface area contributed by atoms with Gasteiger partial charge in [-0.25, -0.2) is 4.39 Å². The molecule has 1 aromatic carbocycles. The first-order valence-electron chi connectivity index (χ1n) is 9.85. The van der Waals surface area contributed by atoms with E-state index in [0.717, 1.165) is 10.4 Å². The summed E-state index contributed by atoms with van der Waals surface area (Å²) >= 11 is 1.57. The monoisotopic (exact) mass is 438 g/mol. The van der Waals surface area contributed by atoms with E-state index >= 15 is 0 Å². The van der Waals surface area contributed by atoms with Crippen LogP contribution in [0.15, 0.2) is 52.5 Å². The lowest BCUT2D eigenvalue weighted by Gasteiger charge is -2.33. The Morgan fingerprint density at radius 3 is 2.71 bits per heavy atom. The molecule has 31 heavy (non-hydrogen) atoms. The summed E-state index contributed by atoms with van der Waals surface area (Å²) in [5.74, 6) is 0.755. The maximum atomic E-state index is 13.2. The number of piperazine rings is 1. The lowest BCUT2D eigenvalue weighted by molar-refractivity contribution is 0.0616. The van der Waals surface area contributed by atoms with Crippen LogP contribution in [0.5, 0.6) is 0 Å². The molecule has 0 atom stereocenters. The second-order valence-corrected chi connectivity index (χ2v) is 8.17. The second-order valence-electron chi connectivity index (χ2n) is 7.22. The number of nitrogens with one attached hydrogen (secondary N) is 1. The zero-order valence-corrected chi connectivity index (χ0v) is 17.3. The van der Waals surface area contributed by atoms with Crippen LogP contribution in [0.25, 0.3) is 22.0 Å². The maximum Gasteiger partial charge on any atom is 0.257 e. The number of H-pyrrole nitrogens is 1. The summed E-state index contributed by atoms with van der Waals surface area (Å²) in [6, 6.07) is 9.90. The first-order valence-corrected chi connectivity index (χ1v) is 10.7. The van der Waals surface area contributed by atoms with Gasteiger partial charge in [0, 0.05) is 31.7 Å². The van der Waals surface area contributed by atoms with E-state index in [2.05, 4.69) is 25.2 Å². The van der Waals surface area contributed by atoms with E-state index in [1.54, 1.807) is 28.4 Å². The molecule has 0 radical (unpaired) electrons. The van der Waals surface area contributed by atoms with Gasteiger partial charge in [-0.15, -0.1) is 11.3 Å². The Balaban J connectivity index is 1.21. The highest BCUT2D eigenvalue weighted by Crippen LogP contribution is 2.24. The number of aromatic amines is 1. The van der Waals surface area contributed by atoms with Crippen LogP contribution in [0.1, 0.15) is 16.2 Å². The number of aromatic nitrogens is 4. The van der Waals surface area contributed by atoms with Gasteiger partial charge in [-0.1, -0.05) is 11.2 Å². The first kappa shape index (κ1) is 19.6. The van der Waals surface area contributed by atoms with Crippen molar-refractivity contribution >= 4 is 17.2 Å². The van der Waals surface area contributed by atoms with Gasteiger partial charge in [0.25, 0.3) is 5.91 Å². The van der Waals surface area contributed by atoms with E-state index in [9.17, 15) is 9.18 Å². The summed E-state index contributed by atoms with van der Waals surface area (Å²) < 4.78 is 18.6. The van der Waals surface area contributed by atoms with Crippen molar-refractivity contribution < 1.29 is 13.7 Å². The zero-order valence-electron chi connectivity index (χ0n) is 16.5. The number of hydrogen-bond acceptors (Lipinski definition) is 7. The topological polar surface area (TPSA) is 91.2 Å². The molecular formula is C21H19FN6O2S. The van der Waals surface area contributed by atoms with Gasteiger partial charge in [0.05, 0.1) is 28.9 Å². The molecule has 5 rings (SSSR count).